The maximum Gasteiger partial charge on any atom is 0.509 e. The number of hydrogen-bond acceptors (Lipinski definition) is 7. The van der Waals surface area contributed by atoms with Crippen LogP contribution in [0.1, 0.15) is 46.5 Å². The lowest BCUT2D eigenvalue weighted by Gasteiger charge is -2.62. The molecule has 33 heavy (non-hydrogen) atoms. The largest absolute Gasteiger partial charge is 0.509 e. The first-order valence-electron chi connectivity index (χ1n) is 11.2. The number of fused-ring (bicyclic) bond motifs is 5. The van der Waals surface area contributed by atoms with E-state index in [1.807, 2.05) is 0 Å². The van der Waals surface area contributed by atoms with Crippen molar-refractivity contribution in [2.75, 3.05) is 13.2 Å². The molecule has 182 valence electrons. The molecule has 0 amide bonds. The molecule has 0 bridgehead atoms. The number of esters is 1. The predicted molar refractivity (Wildman–Crippen MR) is 116 cm³/mol. The van der Waals surface area contributed by atoms with Crippen molar-refractivity contribution in [2.24, 2.45) is 28.6 Å². The number of alkyl halides is 2. The Morgan fingerprint density at radius 3 is 2.64 bits per heavy atom. The van der Waals surface area contributed by atoms with Crippen LogP contribution < -0.4 is 0 Å². The number of aliphatic hydroxyl groups is 1. The van der Waals surface area contributed by atoms with Gasteiger partial charge in [-0.3, -0.25) is 4.79 Å². The molecule has 3 saturated carbocycles. The van der Waals surface area contributed by atoms with Gasteiger partial charge < -0.3 is 19.3 Å². The van der Waals surface area contributed by atoms with E-state index in [-0.39, 0.29) is 12.2 Å². The van der Waals surface area contributed by atoms with Crippen molar-refractivity contribution in [3.05, 3.63) is 23.8 Å². The first kappa shape index (κ1) is 24.2. The van der Waals surface area contributed by atoms with E-state index in [9.17, 15) is 19.5 Å². The highest BCUT2D eigenvalue weighted by molar-refractivity contribution is 6.17. The van der Waals surface area contributed by atoms with E-state index in [1.54, 1.807) is 26.8 Å². The van der Waals surface area contributed by atoms with Crippen LogP contribution in [0.25, 0.3) is 0 Å². The van der Waals surface area contributed by atoms with E-state index >= 15 is 4.39 Å². The minimum Gasteiger partial charge on any atom is -0.446 e. The maximum atomic E-state index is 17.2. The van der Waals surface area contributed by atoms with Gasteiger partial charge in [0.15, 0.2) is 17.5 Å². The molecule has 0 aliphatic heterocycles. The fourth-order valence-electron chi connectivity index (χ4n) is 7.55. The van der Waals surface area contributed by atoms with Crippen molar-refractivity contribution < 1.29 is 38.1 Å². The number of hydrogen-bond donors (Lipinski definition) is 1. The summed E-state index contributed by atoms with van der Waals surface area (Å²) in [4.78, 5) is 37.5. The van der Waals surface area contributed by atoms with E-state index in [0.29, 0.717) is 24.8 Å². The van der Waals surface area contributed by atoms with Gasteiger partial charge in [-0.2, -0.15) is 0 Å². The van der Waals surface area contributed by atoms with Crippen LogP contribution in [0.5, 0.6) is 0 Å². The van der Waals surface area contributed by atoms with E-state index in [4.69, 9.17) is 25.8 Å². The van der Waals surface area contributed by atoms with E-state index < -0.39 is 64.1 Å². The van der Waals surface area contributed by atoms with Gasteiger partial charge in [0.2, 0.25) is 5.60 Å². The van der Waals surface area contributed by atoms with Gasteiger partial charge in [-0.1, -0.05) is 37.1 Å². The van der Waals surface area contributed by atoms with Crippen LogP contribution >= 0.6 is 11.6 Å². The summed E-state index contributed by atoms with van der Waals surface area (Å²) in [7, 11) is 1.14. The zero-order valence-electron chi connectivity index (χ0n) is 19.2. The summed E-state index contributed by atoms with van der Waals surface area (Å²) in [5, 5.41) is 11.4. The number of methoxy groups -OCH3 is 1. The van der Waals surface area contributed by atoms with Gasteiger partial charge in [-0.05, 0) is 50.7 Å². The number of rotatable bonds is 3. The topological polar surface area (TPSA) is 99.1 Å². The Bertz CT molecular complexity index is 949. The SMILES string of the molecule is COC(=O)O[C@]1(C(=O)OCCl)[C@@H](C)C[C@H]2[C@@H]3CCC4=CC(=O)C=C[C@]4(C)[C@@]3(F)[C@@H](O)C[C@@]21C. The lowest BCUT2D eigenvalue weighted by atomic mass is 9.44. The number of ketones is 1. The third kappa shape index (κ3) is 2.92. The maximum absolute atomic E-state index is 17.2. The third-order valence-corrected chi connectivity index (χ3v) is 9.19. The summed E-state index contributed by atoms with van der Waals surface area (Å²) in [6, 6.07) is -0.442. The molecule has 0 aromatic carbocycles. The van der Waals surface area contributed by atoms with Crippen molar-refractivity contribution in [1.82, 2.24) is 0 Å². The molecule has 0 saturated heterocycles. The molecule has 0 heterocycles. The molecule has 0 radical (unpaired) electrons. The molecule has 0 aromatic heterocycles. The molecule has 8 atom stereocenters. The predicted octanol–water partition coefficient (Wildman–Crippen LogP) is 3.86. The fourth-order valence-corrected chi connectivity index (χ4v) is 7.65. The Kier molecular flexibility index (Phi) is 5.72. The number of ether oxygens (including phenoxy) is 3. The molecule has 0 aromatic rings. The summed E-state index contributed by atoms with van der Waals surface area (Å²) >= 11 is 5.68. The second-order valence-electron chi connectivity index (χ2n) is 10.2. The fraction of sp³-hybridized carbons (Fsp3) is 0.708. The van der Waals surface area contributed by atoms with E-state index in [1.165, 1.54) is 12.2 Å². The van der Waals surface area contributed by atoms with Crippen molar-refractivity contribution >= 4 is 29.5 Å². The normalized spacial score (nSPS) is 45.9. The van der Waals surface area contributed by atoms with Gasteiger partial charge in [-0.15, -0.1) is 0 Å². The lowest BCUT2D eigenvalue weighted by Crippen LogP contribution is -2.70. The van der Waals surface area contributed by atoms with Gasteiger partial charge >= 0.3 is 12.1 Å². The number of allylic oxidation sites excluding steroid dienone is 4. The van der Waals surface area contributed by atoms with Crippen LogP contribution in [-0.4, -0.2) is 53.6 Å². The standard InChI is InChI=1S/C24H30ClFO7/c1-13-9-17-16-6-5-14-10-15(27)7-8-21(14,2)23(16,26)18(28)11-22(17,3)24(13,19(29)32-12-25)33-20(30)31-4/h7-8,10,13,16-18,28H,5-6,9,11-12H2,1-4H3/t13-,16-,17-,18-,21-,22-,23-,24-/m0/s1. The van der Waals surface area contributed by atoms with E-state index in [2.05, 4.69) is 0 Å². The number of halogens is 2. The minimum absolute atomic E-state index is 0.145. The molecule has 4 aliphatic rings. The van der Waals surface area contributed by atoms with Crippen LogP contribution in [0.15, 0.2) is 23.8 Å². The Balaban J connectivity index is 1.84. The Morgan fingerprint density at radius 1 is 1.30 bits per heavy atom. The van der Waals surface area contributed by atoms with Crippen molar-refractivity contribution in [3.63, 3.8) is 0 Å². The van der Waals surface area contributed by atoms with E-state index in [0.717, 1.165) is 7.11 Å². The molecule has 9 heteroatoms. The smallest absolute Gasteiger partial charge is 0.446 e. The minimum atomic E-state index is -2.06. The van der Waals surface area contributed by atoms with Crippen LogP contribution in [0, 0.1) is 28.6 Å². The molecular formula is C24H30ClFO7. The van der Waals surface area contributed by atoms with Crippen LogP contribution in [0.2, 0.25) is 0 Å². The Labute approximate surface area is 197 Å². The average molecular weight is 485 g/mol. The van der Waals surface area contributed by atoms with Gasteiger partial charge in [0.1, 0.15) is 0 Å². The van der Waals surface area contributed by atoms with Gasteiger partial charge in [0.25, 0.3) is 0 Å². The van der Waals surface area contributed by atoms with Gasteiger partial charge in [0, 0.05) is 22.7 Å². The monoisotopic (exact) mass is 484 g/mol. The summed E-state index contributed by atoms with van der Waals surface area (Å²) in [5.74, 6) is -2.60. The number of aliphatic hydroxyl groups excluding tert-OH is 1. The summed E-state index contributed by atoms with van der Waals surface area (Å²) < 4.78 is 32.7. The Hall–Kier alpha value is -1.93. The first-order chi connectivity index (χ1) is 15.4. The molecule has 0 unspecified atom stereocenters. The van der Waals surface area contributed by atoms with Crippen LogP contribution in [0.3, 0.4) is 0 Å². The van der Waals surface area contributed by atoms with Crippen LogP contribution in [-0.2, 0) is 23.8 Å². The Morgan fingerprint density at radius 2 is 2.00 bits per heavy atom. The molecule has 4 rings (SSSR count). The third-order valence-electron chi connectivity index (χ3n) is 9.08. The molecule has 4 aliphatic carbocycles. The van der Waals surface area contributed by atoms with Crippen molar-refractivity contribution in [3.8, 4) is 0 Å². The zero-order chi connectivity index (χ0) is 24.4. The van der Waals surface area contributed by atoms with Crippen LogP contribution in [0.4, 0.5) is 9.18 Å². The molecular weight excluding hydrogens is 455 g/mol. The highest BCUT2D eigenvalue weighted by Crippen LogP contribution is 2.71. The first-order valence-corrected chi connectivity index (χ1v) is 11.8. The van der Waals surface area contributed by atoms with Crippen molar-refractivity contribution in [2.45, 2.75) is 63.8 Å². The van der Waals surface area contributed by atoms with Gasteiger partial charge in [0.05, 0.1) is 13.2 Å². The number of carbonyl (C=O) groups is 3. The summed E-state index contributed by atoms with van der Waals surface area (Å²) in [6.45, 7) is 5.22. The highest BCUT2D eigenvalue weighted by Gasteiger charge is 2.78. The quantitative estimate of drug-likeness (QED) is 0.479. The zero-order valence-corrected chi connectivity index (χ0v) is 20.0. The second-order valence-corrected chi connectivity index (χ2v) is 10.5. The molecule has 3 fully saturated rings. The summed E-state index contributed by atoms with van der Waals surface area (Å²) in [6.07, 6.45) is 2.98. The molecule has 0 spiro atoms. The second kappa shape index (κ2) is 7.80. The highest BCUT2D eigenvalue weighted by atomic mass is 35.5. The van der Waals surface area contributed by atoms with Crippen molar-refractivity contribution in [1.29, 1.82) is 0 Å². The summed E-state index contributed by atoms with van der Waals surface area (Å²) in [5.41, 5.74) is -5.47. The average Bonchev–Trinajstić information content (AvgIpc) is 2.97. The number of carbonyl (C=O) groups excluding carboxylic acids is 3. The molecule has 7 nitrogen and oxygen atoms in total. The molecule has 1 N–H and O–H groups in total. The lowest BCUT2D eigenvalue weighted by molar-refractivity contribution is -0.229. The van der Waals surface area contributed by atoms with Gasteiger partial charge in [-0.25, -0.2) is 14.0 Å².